The molecular formula is C25H34N4O5. The highest BCUT2D eigenvalue weighted by Gasteiger charge is 2.50. The Labute approximate surface area is 200 Å². The minimum absolute atomic E-state index is 0.199. The highest BCUT2D eigenvalue weighted by Crippen LogP contribution is 2.51. The fourth-order valence-corrected chi connectivity index (χ4v) is 4.16. The van der Waals surface area contributed by atoms with E-state index in [1.165, 1.54) is 0 Å². The highest BCUT2D eigenvalue weighted by molar-refractivity contribution is 5.96. The molecule has 2 amide bonds. The van der Waals surface area contributed by atoms with Gasteiger partial charge in [-0.3, -0.25) is 9.48 Å². The smallest absolute Gasteiger partial charge is 0.410 e. The number of carboxylic acids is 1. The summed E-state index contributed by atoms with van der Waals surface area (Å²) in [4.78, 5) is 40.7. The van der Waals surface area contributed by atoms with Crippen molar-refractivity contribution in [1.29, 1.82) is 0 Å². The van der Waals surface area contributed by atoms with E-state index in [1.54, 1.807) is 45.9 Å². The molecule has 1 aromatic heterocycles. The maximum atomic E-state index is 13.5. The van der Waals surface area contributed by atoms with Gasteiger partial charge in [0.1, 0.15) is 5.60 Å². The number of carbonyl (C=O) groups excluding carboxylic acids is 2. The van der Waals surface area contributed by atoms with Crippen LogP contribution in [0.5, 0.6) is 0 Å². The number of ether oxygens (including phenoxy) is 1. The van der Waals surface area contributed by atoms with E-state index in [0.717, 1.165) is 18.4 Å². The Bertz CT molecular complexity index is 1080. The van der Waals surface area contributed by atoms with E-state index < -0.39 is 23.2 Å². The van der Waals surface area contributed by atoms with Gasteiger partial charge in [-0.1, -0.05) is 26.0 Å². The van der Waals surface area contributed by atoms with Gasteiger partial charge in [-0.05, 0) is 51.3 Å². The first kappa shape index (κ1) is 25.3. The minimum Gasteiger partial charge on any atom is -0.478 e. The molecule has 2 heterocycles. The van der Waals surface area contributed by atoms with E-state index in [2.05, 4.69) is 5.10 Å². The number of aromatic carboxylic acids is 1. The first-order chi connectivity index (χ1) is 16.0. The molecule has 9 nitrogen and oxygen atoms in total. The molecule has 0 unspecified atom stereocenters. The molecule has 1 N–H and O–H groups in total. The Morgan fingerprint density at radius 3 is 2.41 bits per heavy atom. The van der Waals surface area contributed by atoms with Gasteiger partial charge >= 0.3 is 12.1 Å². The van der Waals surface area contributed by atoms with Crippen molar-refractivity contribution >= 4 is 18.0 Å². The third kappa shape index (κ3) is 4.93. The lowest BCUT2D eigenvalue weighted by Crippen LogP contribution is -2.43. The Hall–Kier alpha value is -3.36. The lowest BCUT2D eigenvalue weighted by Gasteiger charge is -2.32. The van der Waals surface area contributed by atoms with Gasteiger partial charge in [0.25, 0.3) is 5.91 Å². The van der Waals surface area contributed by atoms with Crippen LogP contribution in [0, 0.1) is 0 Å². The lowest BCUT2D eigenvalue weighted by molar-refractivity contribution is 0.0192. The molecule has 9 heteroatoms. The van der Waals surface area contributed by atoms with Crippen molar-refractivity contribution in [2.24, 2.45) is 0 Å². The fourth-order valence-electron chi connectivity index (χ4n) is 4.16. The van der Waals surface area contributed by atoms with E-state index in [0.29, 0.717) is 24.3 Å². The Balaban J connectivity index is 0.00000158. The number of benzene rings is 1. The zero-order valence-electron chi connectivity index (χ0n) is 20.8. The van der Waals surface area contributed by atoms with E-state index in [9.17, 15) is 19.5 Å². The molecular weight excluding hydrogens is 436 g/mol. The molecule has 184 valence electrons. The lowest BCUT2D eigenvalue weighted by atomic mass is 9.99. The van der Waals surface area contributed by atoms with Crippen LogP contribution in [-0.4, -0.2) is 61.9 Å². The van der Waals surface area contributed by atoms with E-state index in [4.69, 9.17) is 4.74 Å². The van der Waals surface area contributed by atoms with Gasteiger partial charge in [-0.25, -0.2) is 9.59 Å². The summed E-state index contributed by atoms with van der Waals surface area (Å²) in [5.74, 6) is -1.19. The summed E-state index contributed by atoms with van der Waals surface area (Å²) in [6.07, 6.45) is 2.65. The zero-order valence-corrected chi connectivity index (χ0v) is 20.8. The first-order valence-electron chi connectivity index (χ1n) is 11.7. The molecule has 2 aromatic rings. The number of carbonyl (C=O) groups is 3. The van der Waals surface area contributed by atoms with Crippen molar-refractivity contribution in [3.8, 4) is 0 Å². The standard InChI is InChI=1S/C23H28N4O5.C2H6/c1-22(2,3)32-21(31)26-10-11-27-18(14-26)17(13-24-27)19(28)25(4)23(8-9-23)16-7-5-6-15(12-16)20(29)30;1-2/h5-7,12-13H,8-11,14H2,1-4H3,(H,29,30);1-2H3. The summed E-state index contributed by atoms with van der Waals surface area (Å²) >= 11 is 0. The van der Waals surface area contributed by atoms with Crippen molar-refractivity contribution in [1.82, 2.24) is 19.6 Å². The van der Waals surface area contributed by atoms with E-state index in [1.807, 2.05) is 40.7 Å². The van der Waals surface area contributed by atoms with Crippen molar-refractivity contribution in [2.45, 2.75) is 71.7 Å². The van der Waals surface area contributed by atoms with Gasteiger partial charge in [-0.2, -0.15) is 5.10 Å². The van der Waals surface area contributed by atoms with Crippen LogP contribution in [-0.2, 0) is 23.4 Å². The molecule has 0 spiro atoms. The maximum absolute atomic E-state index is 13.5. The summed E-state index contributed by atoms with van der Waals surface area (Å²) < 4.78 is 7.24. The van der Waals surface area contributed by atoms with Gasteiger partial charge in [0, 0.05) is 13.6 Å². The van der Waals surface area contributed by atoms with E-state index in [-0.39, 0.29) is 18.0 Å². The van der Waals surface area contributed by atoms with Crippen LogP contribution in [0.2, 0.25) is 0 Å². The summed E-state index contributed by atoms with van der Waals surface area (Å²) in [5.41, 5.74) is 0.999. The van der Waals surface area contributed by atoms with Gasteiger partial charge < -0.3 is 19.6 Å². The molecule has 0 saturated heterocycles. The van der Waals surface area contributed by atoms with Crippen molar-refractivity contribution in [3.05, 3.63) is 52.8 Å². The van der Waals surface area contributed by atoms with Gasteiger partial charge in [-0.15, -0.1) is 0 Å². The number of amides is 2. The summed E-state index contributed by atoms with van der Waals surface area (Å²) in [5, 5.41) is 13.7. The molecule has 1 aliphatic carbocycles. The summed E-state index contributed by atoms with van der Waals surface area (Å²) in [6.45, 7) is 10.6. The van der Waals surface area contributed by atoms with Crippen molar-refractivity contribution < 1.29 is 24.2 Å². The highest BCUT2D eigenvalue weighted by atomic mass is 16.6. The largest absolute Gasteiger partial charge is 0.478 e. The van der Waals surface area contributed by atoms with Crippen LogP contribution < -0.4 is 0 Å². The topological polar surface area (TPSA) is 105 Å². The van der Waals surface area contributed by atoms with Crippen LogP contribution >= 0.6 is 0 Å². The van der Waals surface area contributed by atoms with Crippen LogP contribution in [0.15, 0.2) is 30.5 Å². The molecule has 1 fully saturated rings. The third-order valence-corrected chi connectivity index (χ3v) is 6.07. The number of rotatable bonds is 4. The van der Waals surface area contributed by atoms with Gasteiger partial charge in [0.15, 0.2) is 0 Å². The predicted molar refractivity (Wildman–Crippen MR) is 127 cm³/mol. The SMILES string of the molecule is CC.CN(C(=O)c1cnn2c1CN(C(=O)OC(C)(C)C)CC2)C1(c2cccc(C(=O)O)c2)CC1. The number of carboxylic acid groups (broad SMARTS) is 1. The molecule has 4 rings (SSSR count). The van der Waals surface area contributed by atoms with Gasteiger partial charge in [0.05, 0.1) is 41.6 Å². The van der Waals surface area contributed by atoms with Crippen LogP contribution in [0.3, 0.4) is 0 Å². The fraction of sp³-hybridized carbons (Fsp3) is 0.520. The molecule has 0 radical (unpaired) electrons. The van der Waals surface area contributed by atoms with Gasteiger partial charge in [0.2, 0.25) is 0 Å². The number of fused-ring (bicyclic) bond motifs is 1. The Morgan fingerprint density at radius 1 is 1.15 bits per heavy atom. The minimum atomic E-state index is -0.996. The maximum Gasteiger partial charge on any atom is 0.410 e. The second-order valence-electron chi connectivity index (χ2n) is 9.41. The monoisotopic (exact) mass is 470 g/mol. The van der Waals surface area contributed by atoms with Crippen LogP contribution in [0.4, 0.5) is 4.79 Å². The molecule has 0 atom stereocenters. The zero-order chi connectivity index (χ0) is 25.3. The number of hydrogen-bond acceptors (Lipinski definition) is 5. The molecule has 34 heavy (non-hydrogen) atoms. The second-order valence-corrected chi connectivity index (χ2v) is 9.41. The number of aromatic nitrogens is 2. The first-order valence-corrected chi connectivity index (χ1v) is 11.7. The van der Waals surface area contributed by atoms with Crippen molar-refractivity contribution in [2.75, 3.05) is 13.6 Å². The molecule has 1 aliphatic heterocycles. The summed E-state index contributed by atoms with van der Waals surface area (Å²) in [6, 6.07) is 6.75. The third-order valence-electron chi connectivity index (χ3n) is 6.07. The normalized spacial score (nSPS) is 16.0. The van der Waals surface area contributed by atoms with Crippen LogP contribution in [0.1, 0.15) is 79.4 Å². The Kier molecular flexibility index (Phi) is 7.05. The van der Waals surface area contributed by atoms with Crippen LogP contribution in [0.25, 0.3) is 0 Å². The number of nitrogens with zero attached hydrogens (tertiary/aromatic N) is 4. The Morgan fingerprint density at radius 2 is 1.82 bits per heavy atom. The summed E-state index contributed by atoms with van der Waals surface area (Å²) in [7, 11) is 1.74. The van der Waals surface area contributed by atoms with Crippen molar-refractivity contribution in [3.63, 3.8) is 0 Å². The second kappa shape index (κ2) is 9.48. The quantitative estimate of drug-likeness (QED) is 0.721. The molecule has 1 aromatic carbocycles. The average molecular weight is 471 g/mol. The molecule has 2 aliphatic rings. The molecule has 1 saturated carbocycles. The average Bonchev–Trinajstić information content (AvgIpc) is 3.51. The predicted octanol–water partition coefficient (Wildman–Crippen LogP) is 4.12. The molecule has 0 bridgehead atoms. The number of hydrogen-bond donors (Lipinski definition) is 1. The van der Waals surface area contributed by atoms with E-state index >= 15 is 0 Å².